The third kappa shape index (κ3) is 2.54. The number of aryl methyl sites for hydroxylation is 2. The van der Waals surface area contributed by atoms with E-state index in [1.54, 1.807) is 7.05 Å². The smallest absolute Gasteiger partial charge is 0.215 e. The van der Waals surface area contributed by atoms with Gasteiger partial charge in [-0.2, -0.15) is 9.49 Å². The standard InChI is InChI=1S/C10H18FN3/c1-4-5-6-12-7-9-8(2)13-14(3)10(9)11/h12H,4-7H2,1-3H3. The first-order valence-corrected chi connectivity index (χ1v) is 5.05. The Morgan fingerprint density at radius 3 is 2.71 bits per heavy atom. The van der Waals surface area contributed by atoms with Crippen molar-refractivity contribution in [2.45, 2.75) is 33.2 Å². The zero-order chi connectivity index (χ0) is 10.6. The molecule has 0 aliphatic heterocycles. The van der Waals surface area contributed by atoms with Gasteiger partial charge in [0.2, 0.25) is 5.95 Å². The Morgan fingerprint density at radius 1 is 1.50 bits per heavy atom. The minimum atomic E-state index is -0.230. The van der Waals surface area contributed by atoms with Crippen molar-refractivity contribution in [1.29, 1.82) is 0 Å². The maximum absolute atomic E-state index is 13.4. The van der Waals surface area contributed by atoms with E-state index >= 15 is 0 Å². The molecule has 0 aliphatic rings. The van der Waals surface area contributed by atoms with E-state index in [9.17, 15) is 4.39 Å². The Labute approximate surface area is 84.3 Å². The highest BCUT2D eigenvalue weighted by Gasteiger charge is 2.11. The third-order valence-electron chi connectivity index (χ3n) is 2.28. The molecule has 1 aromatic rings. The zero-order valence-corrected chi connectivity index (χ0v) is 9.10. The van der Waals surface area contributed by atoms with Crippen molar-refractivity contribution < 1.29 is 4.39 Å². The first-order valence-electron chi connectivity index (χ1n) is 5.05. The summed E-state index contributed by atoms with van der Waals surface area (Å²) in [6.45, 7) is 5.48. The molecule has 1 aromatic heterocycles. The van der Waals surface area contributed by atoms with E-state index in [4.69, 9.17) is 0 Å². The van der Waals surface area contributed by atoms with E-state index in [0.29, 0.717) is 12.1 Å². The highest BCUT2D eigenvalue weighted by Crippen LogP contribution is 2.10. The van der Waals surface area contributed by atoms with E-state index in [0.717, 1.165) is 25.1 Å². The van der Waals surface area contributed by atoms with Gasteiger partial charge in [0, 0.05) is 19.2 Å². The molecule has 1 rings (SSSR count). The van der Waals surface area contributed by atoms with Crippen LogP contribution in [0.5, 0.6) is 0 Å². The molecule has 0 radical (unpaired) electrons. The topological polar surface area (TPSA) is 29.9 Å². The van der Waals surface area contributed by atoms with E-state index in [-0.39, 0.29) is 5.95 Å². The van der Waals surface area contributed by atoms with Crippen LogP contribution in [-0.4, -0.2) is 16.3 Å². The molecule has 0 spiro atoms. The molecule has 14 heavy (non-hydrogen) atoms. The summed E-state index contributed by atoms with van der Waals surface area (Å²) in [5.74, 6) is -0.230. The highest BCUT2D eigenvalue weighted by molar-refractivity contribution is 5.16. The van der Waals surface area contributed by atoms with Crippen molar-refractivity contribution in [3.63, 3.8) is 0 Å². The minimum absolute atomic E-state index is 0.230. The lowest BCUT2D eigenvalue weighted by atomic mass is 10.2. The summed E-state index contributed by atoms with van der Waals surface area (Å²) in [6, 6.07) is 0. The van der Waals surface area contributed by atoms with Crippen molar-refractivity contribution >= 4 is 0 Å². The summed E-state index contributed by atoms with van der Waals surface area (Å²) in [7, 11) is 1.62. The Morgan fingerprint density at radius 2 is 2.21 bits per heavy atom. The van der Waals surface area contributed by atoms with Crippen LogP contribution < -0.4 is 5.32 Å². The van der Waals surface area contributed by atoms with Crippen molar-refractivity contribution in [1.82, 2.24) is 15.1 Å². The lowest BCUT2D eigenvalue weighted by Gasteiger charge is -2.02. The molecule has 80 valence electrons. The van der Waals surface area contributed by atoms with Gasteiger partial charge >= 0.3 is 0 Å². The van der Waals surface area contributed by atoms with Crippen LogP contribution in [0.4, 0.5) is 4.39 Å². The maximum atomic E-state index is 13.4. The molecule has 1 heterocycles. The van der Waals surface area contributed by atoms with Gasteiger partial charge < -0.3 is 5.32 Å². The number of nitrogens with one attached hydrogen (secondary N) is 1. The van der Waals surface area contributed by atoms with Crippen LogP contribution in [0.15, 0.2) is 0 Å². The Balaban J connectivity index is 2.49. The predicted molar refractivity (Wildman–Crippen MR) is 54.5 cm³/mol. The van der Waals surface area contributed by atoms with E-state index in [2.05, 4.69) is 17.3 Å². The van der Waals surface area contributed by atoms with Crippen molar-refractivity contribution in [2.75, 3.05) is 6.54 Å². The molecule has 0 atom stereocenters. The number of rotatable bonds is 5. The lowest BCUT2D eigenvalue weighted by Crippen LogP contribution is -2.15. The van der Waals surface area contributed by atoms with Crippen LogP contribution in [0, 0.1) is 12.9 Å². The van der Waals surface area contributed by atoms with Crippen LogP contribution in [-0.2, 0) is 13.6 Å². The Bertz CT molecular complexity index is 294. The number of aromatic nitrogens is 2. The molecule has 0 bridgehead atoms. The van der Waals surface area contributed by atoms with E-state index < -0.39 is 0 Å². The van der Waals surface area contributed by atoms with Gasteiger partial charge in [0.05, 0.1) is 5.69 Å². The molecule has 4 heteroatoms. The summed E-state index contributed by atoms with van der Waals surface area (Å²) >= 11 is 0. The summed E-state index contributed by atoms with van der Waals surface area (Å²) in [4.78, 5) is 0. The second-order valence-corrected chi connectivity index (χ2v) is 3.51. The van der Waals surface area contributed by atoms with Gasteiger partial charge in [0.25, 0.3) is 0 Å². The molecule has 0 fully saturated rings. The van der Waals surface area contributed by atoms with E-state index in [1.165, 1.54) is 4.68 Å². The van der Waals surface area contributed by atoms with Crippen molar-refractivity contribution in [3.8, 4) is 0 Å². The first-order chi connectivity index (χ1) is 6.66. The molecule has 0 aliphatic carbocycles. The highest BCUT2D eigenvalue weighted by atomic mass is 19.1. The molecule has 0 saturated carbocycles. The monoisotopic (exact) mass is 199 g/mol. The first kappa shape index (κ1) is 11.2. The average molecular weight is 199 g/mol. The molecule has 0 aromatic carbocycles. The molecule has 0 unspecified atom stereocenters. The zero-order valence-electron chi connectivity index (χ0n) is 9.10. The Kier molecular flexibility index (Phi) is 4.07. The maximum Gasteiger partial charge on any atom is 0.215 e. The van der Waals surface area contributed by atoms with Gasteiger partial charge in [-0.15, -0.1) is 0 Å². The second-order valence-electron chi connectivity index (χ2n) is 3.51. The number of nitrogens with zero attached hydrogens (tertiary/aromatic N) is 2. The largest absolute Gasteiger partial charge is 0.312 e. The average Bonchev–Trinajstić information content (AvgIpc) is 2.38. The van der Waals surface area contributed by atoms with Crippen molar-refractivity contribution in [3.05, 3.63) is 17.2 Å². The molecular formula is C10H18FN3. The number of halogens is 1. The lowest BCUT2D eigenvalue weighted by molar-refractivity contribution is 0.489. The molecule has 1 N–H and O–H groups in total. The van der Waals surface area contributed by atoms with E-state index in [1.807, 2.05) is 6.92 Å². The van der Waals surface area contributed by atoms with Gasteiger partial charge in [0.1, 0.15) is 0 Å². The summed E-state index contributed by atoms with van der Waals surface area (Å²) in [6.07, 6.45) is 2.28. The summed E-state index contributed by atoms with van der Waals surface area (Å²) < 4.78 is 14.7. The third-order valence-corrected chi connectivity index (χ3v) is 2.28. The number of hydrogen-bond acceptors (Lipinski definition) is 2. The predicted octanol–water partition coefficient (Wildman–Crippen LogP) is 1.76. The second kappa shape index (κ2) is 5.10. The van der Waals surface area contributed by atoms with Gasteiger partial charge in [-0.1, -0.05) is 13.3 Å². The summed E-state index contributed by atoms with van der Waals surface area (Å²) in [5.41, 5.74) is 1.46. The van der Waals surface area contributed by atoms with Gasteiger partial charge in [-0.3, -0.25) is 0 Å². The fraction of sp³-hybridized carbons (Fsp3) is 0.700. The van der Waals surface area contributed by atoms with Crippen LogP contribution in [0.25, 0.3) is 0 Å². The normalized spacial score (nSPS) is 10.9. The quantitative estimate of drug-likeness (QED) is 0.732. The molecule has 3 nitrogen and oxygen atoms in total. The minimum Gasteiger partial charge on any atom is -0.312 e. The van der Waals surface area contributed by atoms with Gasteiger partial charge in [-0.05, 0) is 19.9 Å². The van der Waals surface area contributed by atoms with Crippen LogP contribution in [0.2, 0.25) is 0 Å². The van der Waals surface area contributed by atoms with Crippen LogP contribution >= 0.6 is 0 Å². The number of unbranched alkanes of at least 4 members (excludes halogenated alkanes) is 1. The molecule has 0 saturated heterocycles. The van der Waals surface area contributed by atoms with Crippen LogP contribution in [0.1, 0.15) is 31.0 Å². The van der Waals surface area contributed by atoms with Crippen molar-refractivity contribution in [2.24, 2.45) is 7.05 Å². The van der Waals surface area contributed by atoms with Gasteiger partial charge in [0.15, 0.2) is 0 Å². The Hall–Kier alpha value is -0.900. The fourth-order valence-corrected chi connectivity index (χ4v) is 1.39. The molecular weight excluding hydrogens is 181 g/mol. The fourth-order valence-electron chi connectivity index (χ4n) is 1.39. The summed E-state index contributed by atoms with van der Waals surface area (Å²) in [5, 5.41) is 7.22. The van der Waals surface area contributed by atoms with Gasteiger partial charge in [-0.25, -0.2) is 4.68 Å². The van der Waals surface area contributed by atoms with Crippen LogP contribution in [0.3, 0.4) is 0 Å². The SMILES string of the molecule is CCCCNCc1c(C)nn(C)c1F. The molecule has 0 amide bonds. The number of hydrogen-bond donors (Lipinski definition) is 1.